The molecular formula is C9H21NO. The average molecular weight is 159 g/mol. The van der Waals surface area contributed by atoms with E-state index >= 15 is 0 Å². The third kappa shape index (κ3) is 5.22. The summed E-state index contributed by atoms with van der Waals surface area (Å²) in [6, 6.07) is 0.542. The Kier molecular flexibility index (Phi) is 5.51. The largest absolute Gasteiger partial charge is 0.393 e. The zero-order chi connectivity index (χ0) is 8.85. The number of hydrogen-bond donors (Lipinski definition) is 1. The first-order valence-corrected chi connectivity index (χ1v) is 4.42. The van der Waals surface area contributed by atoms with Gasteiger partial charge in [0, 0.05) is 6.04 Å². The molecular weight excluding hydrogens is 138 g/mol. The summed E-state index contributed by atoms with van der Waals surface area (Å²) in [6.07, 6.45) is 3.09. The Hall–Kier alpha value is -0.0800. The van der Waals surface area contributed by atoms with E-state index in [1.54, 1.807) is 0 Å². The van der Waals surface area contributed by atoms with Crippen LogP contribution >= 0.6 is 0 Å². The second-order valence-electron chi connectivity index (χ2n) is 3.49. The molecule has 0 radical (unpaired) electrons. The molecule has 0 spiro atoms. The molecule has 0 aliphatic rings. The highest BCUT2D eigenvalue weighted by molar-refractivity contribution is 4.67. The van der Waals surface area contributed by atoms with Gasteiger partial charge in [-0.3, -0.25) is 0 Å². The molecule has 0 aliphatic carbocycles. The van der Waals surface area contributed by atoms with Gasteiger partial charge < -0.3 is 10.0 Å². The molecule has 0 rings (SSSR count). The van der Waals surface area contributed by atoms with Crippen LogP contribution in [-0.2, 0) is 0 Å². The van der Waals surface area contributed by atoms with Crippen molar-refractivity contribution in [2.75, 3.05) is 14.1 Å². The van der Waals surface area contributed by atoms with E-state index in [0.29, 0.717) is 6.04 Å². The van der Waals surface area contributed by atoms with Gasteiger partial charge in [-0.2, -0.15) is 0 Å². The van der Waals surface area contributed by atoms with Crippen LogP contribution in [0.25, 0.3) is 0 Å². The van der Waals surface area contributed by atoms with Crippen molar-refractivity contribution >= 4 is 0 Å². The molecule has 0 aromatic rings. The van der Waals surface area contributed by atoms with E-state index < -0.39 is 0 Å². The fraction of sp³-hybridized carbons (Fsp3) is 1.00. The highest BCUT2D eigenvalue weighted by Crippen LogP contribution is 2.09. The van der Waals surface area contributed by atoms with Gasteiger partial charge in [0.15, 0.2) is 0 Å². The first-order valence-electron chi connectivity index (χ1n) is 4.42. The van der Waals surface area contributed by atoms with E-state index in [2.05, 4.69) is 25.9 Å². The number of rotatable bonds is 5. The summed E-state index contributed by atoms with van der Waals surface area (Å²) in [7, 11) is 4.14. The molecule has 2 unspecified atom stereocenters. The standard InChI is InChI=1S/C9H21NO/c1-5-6-9(10(3)4)7-8(2)11/h8-9,11H,5-7H2,1-4H3. The quantitative estimate of drug-likeness (QED) is 0.657. The summed E-state index contributed by atoms with van der Waals surface area (Å²) in [4.78, 5) is 2.19. The van der Waals surface area contributed by atoms with E-state index in [9.17, 15) is 5.11 Å². The van der Waals surface area contributed by atoms with Gasteiger partial charge in [0.25, 0.3) is 0 Å². The van der Waals surface area contributed by atoms with Crippen molar-refractivity contribution in [3.63, 3.8) is 0 Å². The maximum atomic E-state index is 9.17. The lowest BCUT2D eigenvalue weighted by Gasteiger charge is -2.24. The minimum absolute atomic E-state index is 0.172. The predicted molar refractivity (Wildman–Crippen MR) is 48.7 cm³/mol. The summed E-state index contributed by atoms with van der Waals surface area (Å²) in [5, 5.41) is 9.17. The lowest BCUT2D eigenvalue weighted by molar-refractivity contribution is 0.134. The second kappa shape index (κ2) is 5.56. The first-order chi connectivity index (χ1) is 5.07. The predicted octanol–water partition coefficient (Wildman–Crippen LogP) is 1.49. The Morgan fingerprint density at radius 3 is 2.18 bits per heavy atom. The lowest BCUT2D eigenvalue weighted by Crippen LogP contribution is -2.30. The molecule has 2 atom stereocenters. The van der Waals surface area contributed by atoms with Crippen molar-refractivity contribution < 1.29 is 5.11 Å². The molecule has 0 heterocycles. The van der Waals surface area contributed by atoms with Gasteiger partial charge in [-0.05, 0) is 33.9 Å². The minimum atomic E-state index is -0.172. The number of hydrogen-bond acceptors (Lipinski definition) is 2. The minimum Gasteiger partial charge on any atom is -0.393 e. The number of nitrogens with zero attached hydrogens (tertiary/aromatic N) is 1. The Labute approximate surface area is 70.2 Å². The Morgan fingerprint density at radius 2 is 1.91 bits per heavy atom. The molecule has 2 nitrogen and oxygen atoms in total. The van der Waals surface area contributed by atoms with Crippen LogP contribution in [0.5, 0.6) is 0 Å². The van der Waals surface area contributed by atoms with Crippen LogP contribution in [0.3, 0.4) is 0 Å². The van der Waals surface area contributed by atoms with Crippen molar-refractivity contribution in [1.82, 2.24) is 4.90 Å². The van der Waals surface area contributed by atoms with Crippen LogP contribution < -0.4 is 0 Å². The smallest absolute Gasteiger partial charge is 0.0527 e. The van der Waals surface area contributed by atoms with Gasteiger partial charge >= 0.3 is 0 Å². The van der Waals surface area contributed by atoms with Gasteiger partial charge in [0.2, 0.25) is 0 Å². The van der Waals surface area contributed by atoms with Crippen LogP contribution in [0.15, 0.2) is 0 Å². The van der Waals surface area contributed by atoms with Crippen LogP contribution in [0, 0.1) is 0 Å². The van der Waals surface area contributed by atoms with Crippen molar-refractivity contribution in [3.05, 3.63) is 0 Å². The summed E-state index contributed by atoms with van der Waals surface area (Å²) in [5.74, 6) is 0. The maximum absolute atomic E-state index is 9.17. The first kappa shape index (κ1) is 10.9. The fourth-order valence-corrected chi connectivity index (χ4v) is 1.31. The zero-order valence-corrected chi connectivity index (χ0v) is 8.17. The molecule has 0 aliphatic heterocycles. The Bertz CT molecular complexity index is 91.6. The number of aliphatic hydroxyl groups excluding tert-OH is 1. The second-order valence-corrected chi connectivity index (χ2v) is 3.49. The molecule has 2 heteroatoms. The summed E-state index contributed by atoms with van der Waals surface area (Å²) in [6.45, 7) is 4.03. The van der Waals surface area contributed by atoms with Gasteiger partial charge in [-0.25, -0.2) is 0 Å². The Balaban J connectivity index is 3.69. The molecule has 0 fully saturated rings. The van der Waals surface area contributed by atoms with E-state index in [4.69, 9.17) is 0 Å². The van der Waals surface area contributed by atoms with Crippen LogP contribution in [0.1, 0.15) is 33.1 Å². The van der Waals surface area contributed by atoms with E-state index in [1.807, 2.05) is 6.92 Å². The molecule has 1 N–H and O–H groups in total. The van der Waals surface area contributed by atoms with Crippen molar-refractivity contribution in [3.8, 4) is 0 Å². The van der Waals surface area contributed by atoms with Gasteiger partial charge in [0.05, 0.1) is 6.10 Å². The van der Waals surface area contributed by atoms with Gasteiger partial charge in [-0.15, -0.1) is 0 Å². The molecule has 0 saturated heterocycles. The van der Waals surface area contributed by atoms with Gasteiger partial charge in [0.1, 0.15) is 0 Å². The van der Waals surface area contributed by atoms with E-state index in [1.165, 1.54) is 12.8 Å². The lowest BCUT2D eigenvalue weighted by atomic mass is 10.0. The van der Waals surface area contributed by atoms with Crippen LogP contribution in [0.2, 0.25) is 0 Å². The van der Waals surface area contributed by atoms with Crippen molar-refractivity contribution in [2.24, 2.45) is 0 Å². The van der Waals surface area contributed by atoms with Crippen LogP contribution in [-0.4, -0.2) is 36.2 Å². The molecule has 0 aromatic carbocycles. The zero-order valence-electron chi connectivity index (χ0n) is 8.17. The van der Waals surface area contributed by atoms with E-state index in [-0.39, 0.29) is 6.10 Å². The monoisotopic (exact) mass is 159 g/mol. The van der Waals surface area contributed by atoms with Crippen LogP contribution in [0.4, 0.5) is 0 Å². The Morgan fingerprint density at radius 1 is 1.36 bits per heavy atom. The number of aliphatic hydroxyl groups is 1. The fourth-order valence-electron chi connectivity index (χ4n) is 1.31. The highest BCUT2D eigenvalue weighted by Gasteiger charge is 2.12. The SMILES string of the molecule is CCCC(CC(C)O)N(C)C. The molecule has 68 valence electrons. The normalized spacial score (nSPS) is 16.9. The third-order valence-corrected chi connectivity index (χ3v) is 1.97. The summed E-state index contributed by atoms with van der Waals surface area (Å²) < 4.78 is 0. The summed E-state index contributed by atoms with van der Waals surface area (Å²) in [5.41, 5.74) is 0. The third-order valence-electron chi connectivity index (χ3n) is 1.97. The summed E-state index contributed by atoms with van der Waals surface area (Å²) >= 11 is 0. The van der Waals surface area contributed by atoms with E-state index in [0.717, 1.165) is 6.42 Å². The van der Waals surface area contributed by atoms with Crippen molar-refractivity contribution in [2.45, 2.75) is 45.3 Å². The molecule has 0 saturated carbocycles. The van der Waals surface area contributed by atoms with Crippen molar-refractivity contribution in [1.29, 1.82) is 0 Å². The maximum Gasteiger partial charge on any atom is 0.0527 e. The molecule has 0 bridgehead atoms. The average Bonchev–Trinajstić information content (AvgIpc) is 1.86. The molecule has 0 aromatic heterocycles. The molecule has 0 amide bonds. The highest BCUT2D eigenvalue weighted by atomic mass is 16.3. The molecule has 11 heavy (non-hydrogen) atoms. The topological polar surface area (TPSA) is 23.5 Å². The van der Waals surface area contributed by atoms with Gasteiger partial charge in [-0.1, -0.05) is 13.3 Å².